The van der Waals surface area contributed by atoms with Gasteiger partial charge < -0.3 is 14.2 Å². The molecular weight excluding hydrogens is 389 g/mol. The highest BCUT2D eigenvalue weighted by Crippen LogP contribution is 2.41. The summed E-state index contributed by atoms with van der Waals surface area (Å²) in [6.07, 6.45) is -1.95. The van der Waals surface area contributed by atoms with Gasteiger partial charge in [0, 0.05) is 12.0 Å². The second kappa shape index (κ2) is 7.39. The summed E-state index contributed by atoms with van der Waals surface area (Å²) in [5.41, 5.74) is -0.863. The monoisotopic (exact) mass is 402 g/mol. The van der Waals surface area contributed by atoms with Gasteiger partial charge in [0.15, 0.2) is 16.4 Å². The van der Waals surface area contributed by atoms with Gasteiger partial charge in [-0.15, -0.1) is 0 Å². The highest BCUT2D eigenvalue weighted by Gasteiger charge is 2.39. The third kappa shape index (κ3) is 3.79. The molecule has 12 heteroatoms. The fourth-order valence-corrected chi connectivity index (χ4v) is 3.37. The fourth-order valence-electron chi connectivity index (χ4n) is 2.36. The first kappa shape index (κ1) is 18.9. The van der Waals surface area contributed by atoms with Crippen LogP contribution in [0, 0.1) is 0 Å². The third-order valence-electron chi connectivity index (χ3n) is 3.51. The number of anilines is 1. The van der Waals surface area contributed by atoms with Crippen LogP contribution >= 0.6 is 11.3 Å². The maximum atomic E-state index is 13.3. The van der Waals surface area contributed by atoms with E-state index in [1.54, 1.807) is 0 Å². The molecule has 0 radical (unpaired) electrons. The summed E-state index contributed by atoms with van der Waals surface area (Å²) in [6, 6.07) is 0. The van der Waals surface area contributed by atoms with Gasteiger partial charge in [-0.05, 0) is 0 Å². The van der Waals surface area contributed by atoms with Gasteiger partial charge in [0.1, 0.15) is 6.33 Å². The summed E-state index contributed by atoms with van der Waals surface area (Å²) in [7, 11) is 2.57. The Balaban J connectivity index is 1.96. The molecule has 0 aliphatic carbocycles. The quantitative estimate of drug-likeness (QED) is 0.821. The van der Waals surface area contributed by atoms with E-state index in [1.807, 2.05) is 0 Å². The molecule has 1 aliphatic heterocycles. The third-order valence-corrected chi connectivity index (χ3v) is 4.56. The van der Waals surface area contributed by atoms with Gasteiger partial charge in [0.25, 0.3) is 5.91 Å². The van der Waals surface area contributed by atoms with E-state index in [1.165, 1.54) is 20.5 Å². The van der Waals surface area contributed by atoms with Crippen LogP contribution in [-0.2, 0) is 10.9 Å². The van der Waals surface area contributed by atoms with Crippen LogP contribution in [0.4, 0.5) is 18.3 Å². The molecule has 3 heterocycles. The normalized spacial score (nSPS) is 13.7. The number of hydrogen-bond acceptors (Lipinski definition) is 8. The molecule has 0 spiro atoms. The number of halogens is 3. The zero-order valence-electron chi connectivity index (χ0n) is 14.1. The number of nitrogens with one attached hydrogen (secondary N) is 1. The molecule has 0 saturated heterocycles. The zero-order chi connectivity index (χ0) is 19.6. The molecule has 2 aromatic rings. The van der Waals surface area contributed by atoms with Gasteiger partial charge in [0.2, 0.25) is 11.8 Å². The summed E-state index contributed by atoms with van der Waals surface area (Å²) in [6.45, 7) is 0.294. The molecule has 0 atom stereocenters. The molecule has 2 aromatic heterocycles. The van der Waals surface area contributed by atoms with Crippen molar-refractivity contribution < 1.29 is 32.2 Å². The molecule has 0 aromatic carbocycles. The van der Waals surface area contributed by atoms with Crippen LogP contribution in [0.15, 0.2) is 12.6 Å². The topological polar surface area (TPSA) is 95.5 Å². The Labute approximate surface area is 155 Å². The second-order valence-electron chi connectivity index (χ2n) is 5.18. The Bertz CT molecular complexity index is 875. The van der Waals surface area contributed by atoms with E-state index in [9.17, 15) is 18.0 Å². The predicted octanol–water partition coefficient (Wildman–Crippen LogP) is 2.98. The number of hydrogen-bond donors (Lipinski definition) is 1. The lowest BCUT2D eigenvalue weighted by Crippen LogP contribution is -2.16. The van der Waals surface area contributed by atoms with E-state index < -0.39 is 17.8 Å². The second-order valence-corrected chi connectivity index (χ2v) is 6.18. The smallest absolute Gasteiger partial charge is 0.434 e. The van der Waals surface area contributed by atoms with Gasteiger partial charge in [0.05, 0.1) is 32.0 Å². The number of amides is 1. The van der Waals surface area contributed by atoms with Gasteiger partial charge in [-0.1, -0.05) is 11.3 Å². The molecule has 1 N–H and O–H groups in total. The number of methoxy groups -OCH3 is 2. The lowest BCUT2D eigenvalue weighted by Gasteiger charge is -2.09. The van der Waals surface area contributed by atoms with E-state index in [2.05, 4.69) is 20.3 Å². The SMILES string of the molecule is COc1ncnc(OC)c1C(=O)Nc1nc(C(F)(F)F)c(C2=COCC2)s1. The van der Waals surface area contributed by atoms with Crippen LogP contribution in [0.1, 0.15) is 27.3 Å². The number of carbonyl (C=O) groups excluding carboxylic acids is 1. The lowest BCUT2D eigenvalue weighted by atomic mass is 10.1. The summed E-state index contributed by atoms with van der Waals surface area (Å²) in [4.78, 5) is 23.6. The minimum Gasteiger partial charge on any atom is -0.501 e. The van der Waals surface area contributed by atoms with Crippen LogP contribution in [0.25, 0.3) is 5.57 Å². The van der Waals surface area contributed by atoms with Crippen molar-refractivity contribution in [2.75, 3.05) is 26.1 Å². The average Bonchev–Trinajstić information content (AvgIpc) is 3.29. The summed E-state index contributed by atoms with van der Waals surface area (Å²) in [5, 5.41) is 2.09. The first-order chi connectivity index (χ1) is 12.8. The number of ether oxygens (including phenoxy) is 3. The van der Waals surface area contributed by atoms with E-state index >= 15 is 0 Å². The summed E-state index contributed by atoms with van der Waals surface area (Å²) < 4.78 is 55.0. The van der Waals surface area contributed by atoms with Crippen molar-refractivity contribution in [3.8, 4) is 11.8 Å². The highest BCUT2D eigenvalue weighted by atomic mass is 32.1. The number of thiazole rings is 1. The van der Waals surface area contributed by atoms with Crippen LogP contribution in [0.3, 0.4) is 0 Å². The molecule has 1 amide bonds. The standard InChI is InChI=1S/C15H13F3N4O4S/c1-24-12-8(13(25-2)20-6-19-12)11(23)22-14-21-10(15(16,17)18)9(27-14)7-3-4-26-5-7/h5-6H,3-4H2,1-2H3,(H,21,22,23). The maximum absolute atomic E-state index is 13.3. The van der Waals surface area contributed by atoms with Crippen molar-refractivity contribution in [2.24, 2.45) is 0 Å². The summed E-state index contributed by atoms with van der Waals surface area (Å²) in [5.74, 6) is -0.979. The van der Waals surface area contributed by atoms with E-state index in [-0.39, 0.29) is 27.3 Å². The van der Waals surface area contributed by atoms with Gasteiger partial charge in [-0.3, -0.25) is 10.1 Å². The summed E-state index contributed by atoms with van der Waals surface area (Å²) >= 11 is 0.700. The average molecular weight is 402 g/mol. The number of carbonyl (C=O) groups is 1. The van der Waals surface area contributed by atoms with Crippen LogP contribution in [0.2, 0.25) is 0 Å². The van der Waals surface area contributed by atoms with Crippen molar-refractivity contribution in [3.05, 3.63) is 28.7 Å². The number of nitrogens with zero attached hydrogens (tertiary/aromatic N) is 3. The Morgan fingerprint density at radius 1 is 1.26 bits per heavy atom. The van der Waals surface area contributed by atoms with Gasteiger partial charge in [-0.2, -0.15) is 13.2 Å². The largest absolute Gasteiger partial charge is 0.501 e. The fraction of sp³-hybridized carbons (Fsp3) is 0.333. The molecule has 144 valence electrons. The highest BCUT2D eigenvalue weighted by molar-refractivity contribution is 7.17. The minimum atomic E-state index is -4.68. The lowest BCUT2D eigenvalue weighted by molar-refractivity contribution is -0.140. The number of aromatic nitrogens is 3. The van der Waals surface area contributed by atoms with E-state index in [0.717, 1.165) is 6.33 Å². The molecule has 0 unspecified atom stereocenters. The molecular formula is C15H13F3N4O4S. The maximum Gasteiger partial charge on any atom is 0.434 e. The van der Waals surface area contributed by atoms with Crippen molar-refractivity contribution in [1.29, 1.82) is 0 Å². The number of alkyl halides is 3. The Morgan fingerprint density at radius 2 is 1.93 bits per heavy atom. The van der Waals surface area contributed by atoms with E-state index in [0.29, 0.717) is 29.9 Å². The van der Waals surface area contributed by atoms with Crippen LogP contribution in [0.5, 0.6) is 11.8 Å². The zero-order valence-corrected chi connectivity index (χ0v) is 14.9. The molecule has 1 aliphatic rings. The Hall–Kier alpha value is -2.89. The molecule has 0 saturated carbocycles. The Morgan fingerprint density at radius 3 is 2.44 bits per heavy atom. The van der Waals surface area contributed by atoms with Crippen molar-refractivity contribution in [2.45, 2.75) is 12.6 Å². The Kier molecular flexibility index (Phi) is 5.17. The van der Waals surface area contributed by atoms with Crippen molar-refractivity contribution in [3.63, 3.8) is 0 Å². The molecule has 0 fully saturated rings. The van der Waals surface area contributed by atoms with E-state index in [4.69, 9.17) is 14.2 Å². The van der Waals surface area contributed by atoms with Crippen LogP contribution in [-0.4, -0.2) is 41.7 Å². The van der Waals surface area contributed by atoms with Crippen LogP contribution < -0.4 is 14.8 Å². The first-order valence-corrected chi connectivity index (χ1v) is 8.30. The number of rotatable bonds is 5. The molecule has 8 nitrogen and oxygen atoms in total. The minimum absolute atomic E-state index is 0.0842. The van der Waals surface area contributed by atoms with Gasteiger partial charge >= 0.3 is 6.18 Å². The predicted molar refractivity (Wildman–Crippen MR) is 88.8 cm³/mol. The first-order valence-electron chi connectivity index (χ1n) is 7.48. The van der Waals surface area contributed by atoms with Crippen molar-refractivity contribution in [1.82, 2.24) is 15.0 Å². The van der Waals surface area contributed by atoms with Crippen molar-refractivity contribution >= 4 is 27.9 Å². The molecule has 3 rings (SSSR count). The van der Waals surface area contributed by atoms with Gasteiger partial charge in [-0.25, -0.2) is 15.0 Å². The molecule has 27 heavy (non-hydrogen) atoms. The molecule has 0 bridgehead atoms.